The molecule has 0 aliphatic carbocycles. The molecule has 0 aliphatic rings. The van der Waals surface area contributed by atoms with Crippen molar-refractivity contribution < 1.29 is 19.4 Å². The molecule has 1 amide bonds. The number of carboxylic acids is 1. The highest BCUT2D eigenvalue weighted by molar-refractivity contribution is 6.02. The number of hydrogen-bond acceptors (Lipinski definition) is 4. The number of rotatable bonds is 5. The van der Waals surface area contributed by atoms with Gasteiger partial charge in [0.1, 0.15) is 12.3 Å². The van der Waals surface area contributed by atoms with Crippen LogP contribution in [0.5, 0.6) is 5.75 Å². The molecular weight excluding hydrogens is 262 g/mol. The lowest BCUT2D eigenvalue weighted by Gasteiger charge is -2.05. The highest BCUT2D eigenvalue weighted by atomic mass is 16.5. The molecule has 0 fully saturated rings. The van der Waals surface area contributed by atoms with Crippen molar-refractivity contribution in [3.05, 3.63) is 42.2 Å². The molecule has 2 aromatic rings. The van der Waals surface area contributed by atoms with Crippen molar-refractivity contribution in [2.24, 2.45) is 0 Å². The average molecular weight is 275 g/mol. The molecule has 20 heavy (non-hydrogen) atoms. The van der Waals surface area contributed by atoms with Crippen molar-refractivity contribution in [3.8, 4) is 5.75 Å². The highest BCUT2D eigenvalue weighted by Crippen LogP contribution is 2.17. The second-order valence-electron chi connectivity index (χ2n) is 3.98. The van der Waals surface area contributed by atoms with Crippen molar-refractivity contribution >= 4 is 17.6 Å². The van der Waals surface area contributed by atoms with Crippen molar-refractivity contribution in [1.82, 2.24) is 9.78 Å². The SMILES string of the molecule is COc1cccc(NC(=O)c2ccn(CC(=O)O)n2)c1. The summed E-state index contributed by atoms with van der Waals surface area (Å²) in [4.78, 5) is 22.5. The van der Waals surface area contributed by atoms with Gasteiger partial charge in [-0.05, 0) is 18.2 Å². The zero-order valence-electron chi connectivity index (χ0n) is 10.7. The molecule has 0 radical (unpaired) electrons. The number of methoxy groups -OCH3 is 1. The summed E-state index contributed by atoms with van der Waals surface area (Å²) >= 11 is 0. The molecule has 0 aliphatic heterocycles. The maximum absolute atomic E-state index is 11.9. The molecule has 7 nitrogen and oxygen atoms in total. The Morgan fingerprint density at radius 1 is 1.40 bits per heavy atom. The first-order chi connectivity index (χ1) is 9.58. The summed E-state index contributed by atoms with van der Waals surface area (Å²) in [6.45, 7) is -0.285. The van der Waals surface area contributed by atoms with E-state index in [0.717, 1.165) is 0 Å². The van der Waals surface area contributed by atoms with E-state index in [9.17, 15) is 9.59 Å². The highest BCUT2D eigenvalue weighted by Gasteiger charge is 2.11. The zero-order valence-corrected chi connectivity index (χ0v) is 10.7. The number of aromatic nitrogens is 2. The average Bonchev–Trinajstić information content (AvgIpc) is 2.86. The van der Waals surface area contributed by atoms with Crippen molar-refractivity contribution in [2.75, 3.05) is 12.4 Å². The predicted octanol–water partition coefficient (Wildman–Crippen LogP) is 1.23. The largest absolute Gasteiger partial charge is 0.497 e. The van der Waals surface area contributed by atoms with Gasteiger partial charge in [-0.3, -0.25) is 14.3 Å². The first kappa shape index (κ1) is 13.6. The van der Waals surface area contributed by atoms with E-state index in [-0.39, 0.29) is 12.2 Å². The van der Waals surface area contributed by atoms with Crippen LogP contribution in [0, 0.1) is 0 Å². The smallest absolute Gasteiger partial charge is 0.325 e. The van der Waals surface area contributed by atoms with Crippen LogP contribution in [0.2, 0.25) is 0 Å². The maximum atomic E-state index is 11.9. The summed E-state index contributed by atoms with van der Waals surface area (Å²) in [5.74, 6) is -0.811. The quantitative estimate of drug-likeness (QED) is 0.856. The van der Waals surface area contributed by atoms with Crippen molar-refractivity contribution in [3.63, 3.8) is 0 Å². The van der Waals surface area contributed by atoms with Gasteiger partial charge in [0.15, 0.2) is 5.69 Å². The normalized spacial score (nSPS) is 10.1. The summed E-state index contributed by atoms with van der Waals surface area (Å²) in [6.07, 6.45) is 1.44. The molecule has 104 valence electrons. The van der Waals surface area contributed by atoms with Crippen LogP contribution >= 0.6 is 0 Å². The predicted molar refractivity (Wildman–Crippen MR) is 70.8 cm³/mol. The molecule has 7 heteroatoms. The Morgan fingerprint density at radius 3 is 2.90 bits per heavy atom. The fourth-order valence-electron chi connectivity index (χ4n) is 1.61. The molecule has 0 bridgehead atoms. The number of carbonyl (C=O) groups excluding carboxylic acids is 1. The number of aliphatic carboxylic acids is 1. The van der Waals surface area contributed by atoms with Gasteiger partial charge in [-0.25, -0.2) is 0 Å². The lowest BCUT2D eigenvalue weighted by atomic mass is 10.3. The van der Waals surface area contributed by atoms with Gasteiger partial charge in [0.25, 0.3) is 5.91 Å². The van der Waals surface area contributed by atoms with Gasteiger partial charge in [-0.2, -0.15) is 5.10 Å². The molecule has 1 aromatic heterocycles. The third-order valence-electron chi connectivity index (χ3n) is 2.50. The number of carboxylic acid groups (broad SMARTS) is 1. The van der Waals surface area contributed by atoms with E-state index < -0.39 is 11.9 Å². The third-order valence-corrected chi connectivity index (χ3v) is 2.50. The molecule has 0 atom stereocenters. The van der Waals surface area contributed by atoms with Crippen molar-refractivity contribution in [2.45, 2.75) is 6.54 Å². The van der Waals surface area contributed by atoms with E-state index in [2.05, 4.69) is 10.4 Å². The monoisotopic (exact) mass is 275 g/mol. The molecule has 0 saturated carbocycles. The van der Waals surface area contributed by atoms with Crippen LogP contribution in [0.3, 0.4) is 0 Å². The Labute approximate surface area is 114 Å². The second-order valence-corrected chi connectivity index (χ2v) is 3.98. The summed E-state index contributed by atoms with van der Waals surface area (Å²) in [5, 5.41) is 15.2. The first-order valence-electron chi connectivity index (χ1n) is 5.79. The van der Waals surface area contributed by atoms with Crippen LogP contribution < -0.4 is 10.1 Å². The molecule has 2 N–H and O–H groups in total. The fourth-order valence-corrected chi connectivity index (χ4v) is 1.61. The van der Waals surface area contributed by atoms with Crippen LogP contribution in [-0.4, -0.2) is 33.9 Å². The van der Waals surface area contributed by atoms with Gasteiger partial charge >= 0.3 is 5.97 Å². The van der Waals surface area contributed by atoms with E-state index in [1.54, 1.807) is 24.3 Å². The number of nitrogens with one attached hydrogen (secondary N) is 1. The van der Waals surface area contributed by atoms with Gasteiger partial charge in [0.05, 0.1) is 7.11 Å². The summed E-state index contributed by atoms with van der Waals surface area (Å²) in [5.41, 5.74) is 0.719. The second kappa shape index (κ2) is 5.87. The van der Waals surface area contributed by atoms with E-state index >= 15 is 0 Å². The van der Waals surface area contributed by atoms with E-state index in [1.165, 1.54) is 24.1 Å². The molecule has 1 heterocycles. The Hall–Kier alpha value is -2.83. The first-order valence-corrected chi connectivity index (χ1v) is 5.79. The summed E-state index contributed by atoms with van der Waals surface area (Å²) in [7, 11) is 1.54. The Kier molecular flexibility index (Phi) is 3.99. The van der Waals surface area contributed by atoms with Gasteiger partial charge in [-0.1, -0.05) is 6.07 Å². The lowest BCUT2D eigenvalue weighted by molar-refractivity contribution is -0.137. The Bertz CT molecular complexity index is 636. The van der Waals surface area contributed by atoms with Crippen LogP contribution in [0.1, 0.15) is 10.5 Å². The Morgan fingerprint density at radius 2 is 2.20 bits per heavy atom. The van der Waals surface area contributed by atoms with E-state index in [1.807, 2.05) is 0 Å². The molecular formula is C13H13N3O4. The van der Waals surface area contributed by atoms with Crippen LogP contribution in [0.25, 0.3) is 0 Å². The zero-order chi connectivity index (χ0) is 14.5. The van der Waals surface area contributed by atoms with Gasteiger partial charge in [0.2, 0.25) is 0 Å². The van der Waals surface area contributed by atoms with E-state index in [0.29, 0.717) is 11.4 Å². The minimum Gasteiger partial charge on any atom is -0.497 e. The maximum Gasteiger partial charge on any atom is 0.325 e. The van der Waals surface area contributed by atoms with Gasteiger partial charge < -0.3 is 15.2 Å². The fraction of sp³-hybridized carbons (Fsp3) is 0.154. The van der Waals surface area contributed by atoms with Crippen LogP contribution in [0.15, 0.2) is 36.5 Å². The number of ether oxygens (including phenoxy) is 1. The standard InChI is InChI=1S/C13H13N3O4/c1-20-10-4-2-3-9(7-10)14-13(19)11-5-6-16(15-11)8-12(17)18/h2-7H,8H2,1H3,(H,14,19)(H,17,18). The molecule has 2 rings (SSSR count). The number of carbonyl (C=O) groups is 2. The van der Waals surface area contributed by atoms with Gasteiger partial charge in [0, 0.05) is 18.0 Å². The van der Waals surface area contributed by atoms with Crippen molar-refractivity contribution in [1.29, 1.82) is 0 Å². The number of benzene rings is 1. The molecule has 0 saturated heterocycles. The molecule has 0 unspecified atom stereocenters. The minimum absolute atomic E-state index is 0.147. The topological polar surface area (TPSA) is 93.5 Å². The summed E-state index contributed by atoms with van der Waals surface area (Å²) in [6, 6.07) is 8.36. The lowest BCUT2D eigenvalue weighted by Crippen LogP contribution is -2.15. The number of nitrogens with zero attached hydrogens (tertiary/aromatic N) is 2. The number of anilines is 1. The minimum atomic E-state index is -1.02. The molecule has 1 aromatic carbocycles. The van der Waals surface area contributed by atoms with E-state index in [4.69, 9.17) is 9.84 Å². The number of amides is 1. The third kappa shape index (κ3) is 3.35. The Balaban J connectivity index is 2.07. The van der Waals surface area contributed by atoms with Crippen LogP contribution in [0.4, 0.5) is 5.69 Å². The number of hydrogen-bond donors (Lipinski definition) is 2. The van der Waals surface area contributed by atoms with Crippen LogP contribution in [-0.2, 0) is 11.3 Å². The molecule has 0 spiro atoms. The van der Waals surface area contributed by atoms with Gasteiger partial charge in [-0.15, -0.1) is 0 Å². The summed E-state index contributed by atoms with van der Waals surface area (Å²) < 4.78 is 6.24.